The number of carbonyl (C=O) groups excluding carboxylic acids is 9. The van der Waals surface area contributed by atoms with Crippen LogP contribution in [0.1, 0.15) is 90.5 Å². The lowest BCUT2D eigenvalue weighted by Gasteiger charge is -2.31. The largest absolute Gasteiger partial charge is 0.453 e. The van der Waals surface area contributed by atoms with Crippen molar-refractivity contribution < 1.29 is 106 Å². The van der Waals surface area contributed by atoms with Crippen molar-refractivity contribution in [2.24, 2.45) is 29.6 Å². The molecule has 0 unspecified atom stereocenters. The van der Waals surface area contributed by atoms with E-state index in [1.807, 2.05) is 0 Å². The van der Waals surface area contributed by atoms with Crippen LogP contribution >= 0.6 is 46.4 Å². The first-order chi connectivity index (χ1) is 52.6. The molecule has 5 N–H and O–H groups in total. The summed E-state index contributed by atoms with van der Waals surface area (Å²) in [5.41, 5.74) is -0.959. The van der Waals surface area contributed by atoms with Crippen LogP contribution in [0.15, 0.2) is 91.0 Å². The summed E-state index contributed by atoms with van der Waals surface area (Å²) >= 11 is 23.0. The summed E-state index contributed by atoms with van der Waals surface area (Å²) in [6.45, 7) is 9.26. The number of piperidine rings is 5. The van der Waals surface area contributed by atoms with E-state index in [9.17, 15) is 86.7 Å². The van der Waals surface area contributed by atoms with Gasteiger partial charge in [0.15, 0.2) is 11.6 Å². The fourth-order valence-corrected chi connectivity index (χ4v) is 14.0. The number of alkyl halides is 3. The van der Waals surface area contributed by atoms with Crippen LogP contribution in [0.4, 0.5) is 82.7 Å². The van der Waals surface area contributed by atoms with Gasteiger partial charge in [0.1, 0.15) is 17.5 Å². The highest BCUT2D eigenvalue weighted by Crippen LogP contribution is 2.35. The van der Waals surface area contributed by atoms with Gasteiger partial charge in [0.2, 0.25) is 39.6 Å². The van der Waals surface area contributed by atoms with E-state index in [1.54, 1.807) is 26.0 Å². The zero-order chi connectivity index (χ0) is 81.9. The fourth-order valence-electron chi connectivity index (χ4n) is 12.1. The van der Waals surface area contributed by atoms with Crippen molar-refractivity contribution in [2.75, 3.05) is 125 Å². The number of nitrogens with zero attached hydrogens (tertiary/aromatic N) is 5. The molecule has 5 fully saturated rings. The molecule has 0 aromatic heterocycles. The molecule has 38 heteroatoms. The Morgan fingerprint density at radius 1 is 0.432 bits per heavy atom. The van der Waals surface area contributed by atoms with Gasteiger partial charge in [-0.3, -0.25) is 24.0 Å². The zero-order valence-corrected chi connectivity index (χ0v) is 65.0. The maximum Gasteiger partial charge on any atom is 0.419 e. The highest BCUT2D eigenvalue weighted by atomic mass is 35.5. The van der Waals surface area contributed by atoms with E-state index in [1.165, 1.54) is 106 Å². The Morgan fingerprint density at radius 3 is 1.10 bits per heavy atom. The second-order valence-electron chi connectivity index (χ2n) is 25.6. The molecular weight excluding hydrogens is 1580 g/mol. The second kappa shape index (κ2) is 43.7. The van der Waals surface area contributed by atoms with Gasteiger partial charge in [0, 0.05) is 71.1 Å². The minimum absolute atomic E-state index is 0.00508. The number of benzene rings is 5. The van der Waals surface area contributed by atoms with E-state index >= 15 is 0 Å². The van der Waals surface area contributed by atoms with Gasteiger partial charge in [0.05, 0.1) is 111 Å². The molecule has 5 aliphatic heterocycles. The number of hydrogen-bond donors (Lipinski definition) is 5. The Morgan fingerprint density at radius 2 is 0.757 bits per heavy atom. The number of halogens is 12. The van der Waals surface area contributed by atoms with Gasteiger partial charge in [-0.1, -0.05) is 70.7 Å². The summed E-state index contributed by atoms with van der Waals surface area (Å²) < 4.78 is 150. The number of ether oxygens (including phenoxy) is 4. The van der Waals surface area contributed by atoms with Gasteiger partial charge in [-0.25, -0.2) is 53.9 Å². The predicted molar refractivity (Wildman–Crippen MR) is 400 cm³/mol. The van der Waals surface area contributed by atoms with Gasteiger partial charge in [-0.15, -0.1) is 0 Å². The molecule has 5 atom stereocenters. The molecule has 25 nitrogen and oxygen atoms in total. The highest BCUT2D eigenvalue weighted by Gasteiger charge is 2.37. The van der Waals surface area contributed by atoms with Crippen LogP contribution in [0.5, 0.6) is 0 Å². The maximum absolute atomic E-state index is 13.8. The van der Waals surface area contributed by atoms with E-state index in [4.69, 9.17) is 55.9 Å². The summed E-state index contributed by atoms with van der Waals surface area (Å²) in [5, 5.41) is 12.3. The Kier molecular flexibility index (Phi) is 35.8. The molecule has 9 amide bonds. The van der Waals surface area contributed by atoms with Gasteiger partial charge < -0.3 is 65.1 Å². The summed E-state index contributed by atoms with van der Waals surface area (Å²) in [5.74, 6) is -7.96. The van der Waals surface area contributed by atoms with Crippen molar-refractivity contribution in [3.8, 4) is 0 Å². The number of hydrogen-bond acceptors (Lipinski definition) is 15. The predicted octanol–water partition coefficient (Wildman–Crippen LogP) is 15.2. The second-order valence-corrected chi connectivity index (χ2v) is 29.4. The van der Waals surface area contributed by atoms with Crippen LogP contribution in [0.25, 0.3) is 0 Å². The number of sulfonamides is 1. The van der Waals surface area contributed by atoms with Crippen molar-refractivity contribution >= 4 is 139 Å². The Bertz CT molecular complexity index is 4010. The Labute approximate surface area is 656 Å². The zero-order valence-electron chi connectivity index (χ0n) is 61.1. The summed E-state index contributed by atoms with van der Waals surface area (Å²) in [4.78, 5) is 114. The molecular formula is C73H86Cl4F8N10O15S. The van der Waals surface area contributed by atoms with Gasteiger partial charge >= 0.3 is 30.5 Å². The SMILES string of the molecule is CCOC(=O)N1CCC[C@H](C(=O)Nc2cccc(Cl)c2F)C1.CCOC(=O)N1CCC[C@H](C(=O)Nc2cccc(F)c2Cl)C1.CCS(=O)(=O)N1CCC[C@H](C(=O)Nc2ccc(C(F)(F)F)c(F)c2)C1.COC(=O)N1CCC[C@H](C(=O)Nc2cccc(Cl)c2F)C1.COC(=O)N1CCC[C@H](C(=O)Nc2cccc(F)c2Cl)C1. The first-order valence-electron chi connectivity index (χ1n) is 35.3. The summed E-state index contributed by atoms with van der Waals surface area (Å²) in [6, 6.07) is 19.4. The fraction of sp³-hybridized carbons (Fsp3) is 0.466. The lowest BCUT2D eigenvalue weighted by Crippen LogP contribution is -2.44. The third kappa shape index (κ3) is 27.2. The number of amides is 9. The minimum Gasteiger partial charge on any atom is -0.453 e. The average Bonchev–Trinajstić information content (AvgIpc) is 0.824. The van der Waals surface area contributed by atoms with Gasteiger partial charge in [-0.2, -0.15) is 13.2 Å². The Hall–Kier alpha value is -8.96. The number of carbonyl (C=O) groups is 9. The van der Waals surface area contributed by atoms with E-state index in [-0.39, 0.29) is 122 Å². The molecule has 5 saturated heterocycles. The lowest BCUT2D eigenvalue weighted by atomic mass is 9.97. The molecule has 608 valence electrons. The molecule has 0 radical (unpaired) electrons. The molecule has 5 heterocycles. The number of methoxy groups -OCH3 is 2. The van der Waals surface area contributed by atoms with Crippen LogP contribution in [0.3, 0.4) is 0 Å². The molecule has 5 aliphatic rings. The molecule has 5 aromatic rings. The van der Waals surface area contributed by atoms with Crippen LogP contribution in [0, 0.1) is 58.7 Å². The summed E-state index contributed by atoms with van der Waals surface area (Å²) in [7, 11) is -0.818. The Balaban J connectivity index is 0.000000217. The first kappa shape index (κ1) is 90.9. The molecule has 0 spiro atoms. The molecule has 5 aromatic carbocycles. The van der Waals surface area contributed by atoms with Crippen LogP contribution in [-0.4, -0.2) is 185 Å². The van der Waals surface area contributed by atoms with Crippen LogP contribution in [-0.2, 0) is 59.1 Å². The molecule has 10 rings (SSSR count). The van der Waals surface area contributed by atoms with E-state index in [0.717, 1.165) is 6.07 Å². The van der Waals surface area contributed by atoms with E-state index < -0.39 is 98.9 Å². The molecule has 0 saturated carbocycles. The standard InChI is InChI=1S/2C15H18ClFN2O3.C15H18F4N2O3S.2C14H16ClFN2O3/c1-2-22-15(21)19-8-4-5-10(9-19)14(20)18-12-7-3-6-11(17)13(12)16;1-2-22-15(21)19-8-4-5-10(9-19)14(20)18-12-7-3-6-11(16)13(12)17;1-2-25(23,24)21-7-3-4-10(9-21)14(22)20-11-5-6-12(13(16)8-11)15(17,18)19;1-21-14(20)18-7-3-4-9(8-18)13(19)17-11-6-2-5-10(16)12(11)15;1-21-14(20)18-7-3-4-9(8-18)13(19)17-11-6-2-5-10(15)12(11)16/h2*3,6-7,10H,2,4-5,8-9H2,1H3,(H,18,20);5-6,8,10H,2-4,7,9H2,1H3,(H,20,22);2*2,5-6,9H,3-4,7-8H2,1H3,(H,17,19)/t3*10-;2*9-/m00000/s1. The number of likely N-dealkylation sites (tertiary alicyclic amines) is 4. The van der Waals surface area contributed by atoms with Gasteiger partial charge in [0.25, 0.3) is 0 Å². The number of anilines is 5. The minimum atomic E-state index is -4.81. The molecule has 111 heavy (non-hydrogen) atoms. The van der Waals surface area contributed by atoms with Crippen molar-refractivity contribution in [2.45, 2.75) is 91.2 Å². The van der Waals surface area contributed by atoms with Crippen molar-refractivity contribution in [3.63, 3.8) is 0 Å². The van der Waals surface area contributed by atoms with E-state index in [0.29, 0.717) is 122 Å². The van der Waals surface area contributed by atoms with Crippen molar-refractivity contribution in [1.29, 1.82) is 0 Å². The normalized spacial score (nSPS) is 18.4. The molecule has 0 bridgehead atoms. The van der Waals surface area contributed by atoms with Gasteiger partial charge in [-0.05, 0) is 152 Å². The third-order valence-corrected chi connectivity index (χ3v) is 21.2. The lowest BCUT2D eigenvalue weighted by molar-refractivity contribution is -0.140. The first-order valence-corrected chi connectivity index (χ1v) is 38.4. The third-order valence-electron chi connectivity index (χ3n) is 18.0. The van der Waals surface area contributed by atoms with E-state index in [2.05, 4.69) is 36.1 Å². The number of rotatable bonds is 14. The smallest absolute Gasteiger partial charge is 0.419 e. The van der Waals surface area contributed by atoms with Crippen LogP contribution < -0.4 is 26.6 Å². The quantitative estimate of drug-likeness (QED) is 0.0510. The van der Waals surface area contributed by atoms with Crippen molar-refractivity contribution in [1.82, 2.24) is 23.9 Å². The molecule has 0 aliphatic carbocycles. The monoisotopic (exact) mass is 1670 g/mol. The van der Waals surface area contributed by atoms with Crippen molar-refractivity contribution in [3.05, 3.63) is 146 Å². The topological polar surface area (TPSA) is 301 Å². The average molecular weight is 1670 g/mol. The maximum atomic E-state index is 13.8. The highest BCUT2D eigenvalue weighted by molar-refractivity contribution is 7.89. The summed E-state index contributed by atoms with van der Waals surface area (Å²) in [6.07, 6.45) is -0.172. The van der Waals surface area contributed by atoms with Crippen LogP contribution in [0.2, 0.25) is 20.1 Å². The number of nitrogens with one attached hydrogen (secondary N) is 5.